The largest absolute Gasteiger partial charge is 0.497 e. The molecule has 8 heteroatoms. The molecule has 1 amide bonds. The first-order valence-corrected chi connectivity index (χ1v) is 9.82. The molecule has 0 aliphatic rings. The summed E-state index contributed by atoms with van der Waals surface area (Å²) in [6.07, 6.45) is 1.26. The molecule has 3 aromatic rings. The standard InChI is InChI=1S/C23H25N3O5/c1-16(22(27)24-14-13-17-9-11-19(29-2)12-10-17)31-23(28)21-20(30-3)15-26(25-21)18-7-5-4-6-8-18/h4-12,15-16H,13-14H2,1-3H3,(H,24,27)/t16-/m0/s1. The maximum Gasteiger partial charge on any atom is 0.363 e. The molecule has 0 saturated heterocycles. The first-order chi connectivity index (χ1) is 15.0. The molecule has 2 aromatic carbocycles. The van der Waals surface area contributed by atoms with E-state index in [2.05, 4.69) is 10.4 Å². The smallest absolute Gasteiger partial charge is 0.363 e. The van der Waals surface area contributed by atoms with Crippen molar-refractivity contribution in [2.45, 2.75) is 19.4 Å². The average Bonchev–Trinajstić information content (AvgIpc) is 3.25. The van der Waals surface area contributed by atoms with Crippen molar-refractivity contribution >= 4 is 11.9 Å². The number of amides is 1. The van der Waals surface area contributed by atoms with E-state index in [1.807, 2.05) is 54.6 Å². The maximum absolute atomic E-state index is 12.6. The van der Waals surface area contributed by atoms with Crippen molar-refractivity contribution < 1.29 is 23.8 Å². The number of methoxy groups -OCH3 is 2. The number of nitrogens with one attached hydrogen (secondary N) is 1. The number of hydrogen-bond acceptors (Lipinski definition) is 6. The van der Waals surface area contributed by atoms with E-state index in [4.69, 9.17) is 14.2 Å². The van der Waals surface area contributed by atoms with E-state index in [9.17, 15) is 9.59 Å². The van der Waals surface area contributed by atoms with E-state index in [0.717, 1.165) is 17.0 Å². The number of aromatic nitrogens is 2. The monoisotopic (exact) mass is 423 g/mol. The van der Waals surface area contributed by atoms with Crippen molar-refractivity contribution in [2.24, 2.45) is 0 Å². The normalized spacial score (nSPS) is 11.5. The molecule has 0 bridgehead atoms. The molecule has 0 spiro atoms. The van der Waals surface area contributed by atoms with E-state index in [0.29, 0.717) is 13.0 Å². The Morgan fingerprint density at radius 1 is 1.03 bits per heavy atom. The Balaban J connectivity index is 1.55. The Labute approximate surface area is 180 Å². The number of carbonyl (C=O) groups excluding carboxylic acids is 2. The van der Waals surface area contributed by atoms with E-state index < -0.39 is 12.1 Å². The highest BCUT2D eigenvalue weighted by Gasteiger charge is 2.24. The van der Waals surface area contributed by atoms with Gasteiger partial charge in [0.1, 0.15) is 5.75 Å². The number of esters is 1. The SMILES string of the molecule is COc1ccc(CCNC(=O)[C@H](C)OC(=O)c2nn(-c3ccccc3)cc2OC)cc1. The molecule has 0 fully saturated rings. The van der Waals surface area contributed by atoms with Crippen LogP contribution < -0.4 is 14.8 Å². The van der Waals surface area contributed by atoms with Crippen molar-refractivity contribution in [3.63, 3.8) is 0 Å². The molecule has 0 aliphatic carbocycles. The Kier molecular flexibility index (Phi) is 7.26. The van der Waals surface area contributed by atoms with Crippen LogP contribution in [0.3, 0.4) is 0 Å². The minimum atomic E-state index is -0.977. The van der Waals surface area contributed by atoms with Gasteiger partial charge in [0.05, 0.1) is 26.1 Å². The van der Waals surface area contributed by atoms with Crippen molar-refractivity contribution in [2.75, 3.05) is 20.8 Å². The van der Waals surface area contributed by atoms with Crippen molar-refractivity contribution in [1.82, 2.24) is 15.1 Å². The fourth-order valence-corrected chi connectivity index (χ4v) is 2.90. The summed E-state index contributed by atoms with van der Waals surface area (Å²) >= 11 is 0. The van der Waals surface area contributed by atoms with Gasteiger partial charge in [-0.2, -0.15) is 5.10 Å². The van der Waals surface area contributed by atoms with Crippen LogP contribution in [0.2, 0.25) is 0 Å². The molecule has 1 atom stereocenters. The maximum atomic E-state index is 12.6. The first-order valence-electron chi connectivity index (χ1n) is 9.82. The number of para-hydroxylation sites is 1. The highest BCUT2D eigenvalue weighted by atomic mass is 16.6. The molecule has 0 saturated carbocycles. The number of hydrogen-bond donors (Lipinski definition) is 1. The lowest BCUT2D eigenvalue weighted by Gasteiger charge is -2.13. The molecule has 1 heterocycles. The van der Waals surface area contributed by atoms with Crippen molar-refractivity contribution in [3.8, 4) is 17.2 Å². The molecule has 0 radical (unpaired) electrons. The van der Waals surface area contributed by atoms with Crippen LogP contribution in [-0.2, 0) is 16.0 Å². The Morgan fingerprint density at radius 3 is 2.39 bits per heavy atom. The Hall–Kier alpha value is -3.81. The van der Waals surface area contributed by atoms with Crippen LogP contribution in [0.5, 0.6) is 11.5 Å². The van der Waals surface area contributed by atoms with Gasteiger partial charge in [-0.05, 0) is 43.2 Å². The number of nitrogens with zero attached hydrogens (tertiary/aromatic N) is 2. The molecule has 1 aromatic heterocycles. The van der Waals surface area contributed by atoms with Gasteiger partial charge in [-0.25, -0.2) is 9.48 Å². The van der Waals surface area contributed by atoms with Crippen LogP contribution in [0.25, 0.3) is 5.69 Å². The lowest BCUT2D eigenvalue weighted by atomic mass is 10.1. The predicted molar refractivity (Wildman–Crippen MR) is 115 cm³/mol. The second-order valence-corrected chi connectivity index (χ2v) is 6.76. The molecule has 0 aliphatic heterocycles. The zero-order chi connectivity index (χ0) is 22.2. The van der Waals surface area contributed by atoms with Crippen molar-refractivity contribution in [1.29, 1.82) is 0 Å². The van der Waals surface area contributed by atoms with Crippen molar-refractivity contribution in [3.05, 3.63) is 72.1 Å². The molecule has 3 rings (SSSR count). The minimum absolute atomic E-state index is 0.00392. The third kappa shape index (κ3) is 5.63. The van der Waals surface area contributed by atoms with Gasteiger partial charge in [-0.15, -0.1) is 0 Å². The zero-order valence-corrected chi connectivity index (χ0v) is 17.7. The summed E-state index contributed by atoms with van der Waals surface area (Å²) in [7, 11) is 3.05. The number of benzene rings is 2. The molecule has 1 N–H and O–H groups in total. The zero-order valence-electron chi connectivity index (χ0n) is 17.7. The fourth-order valence-electron chi connectivity index (χ4n) is 2.90. The summed E-state index contributed by atoms with van der Waals surface area (Å²) in [5, 5.41) is 7.03. The lowest BCUT2D eigenvalue weighted by molar-refractivity contribution is -0.129. The topological polar surface area (TPSA) is 91.7 Å². The highest BCUT2D eigenvalue weighted by Crippen LogP contribution is 2.20. The Bertz CT molecular complexity index is 1020. The average molecular weight is 423 g/mol. The summed E-state index contributed by atoms with van der Waals surface area (Å²) in [5.74, 6) is -0.0768. The van der Waals surface area contributed by atoms with Gasteiger partial charge in [-0.1, -0.05) is 30.3 Å². The predicted octanol–water partition coefficient (Wildman–Crippen LogP) is 2.79. The second-order valence-electron chi connectivity index (χ2n) is 6.76. The number of ether oxygens (including phenoxy) is 3. The summed E-state index contributed by atoms with van der Waals surface area (Å²) < 4.78 is 17.2. The molecule has 8 nitrogen and oxygen atoms in total. The van der Waals surface area contributed by atoms with Gasteiger partial charge in [-0.3, -0.25) is 4.79 Å². The van der Waals surface area contributed by atoms with Crippen LogP contribution in [-0.4, -0.2) is 48.5 Å². The van der Waals surface area contributed by atoms with E-state index in [1.165, 1.54) is 18.7 Å². The first kappa shape index (κ1) is 21.9. The van der Waals surface area contributed by atoms with E-state index in [1.54, 1.807) is 13.3 Å². The summed E-state index contributed by atoms with van der Waals surface area (Å²) in [5.41, 5.74) is 1.83. The van der Waals surface area contributed by atoms with Crippen LogP contribution >= 0.6 is 0 Å². The van der Waals surface area contributed by atoms with Crippen LogP contribution in [0.15, 0.2) is 60.8 Å². The molecule has 31 heavy (non-hydrogen) atoms. The fraction of sp³-hybridized carbons (Fsp3) is 0.261. The van der Waals surface area contributed by atoms with Crippen LogP contribution in [0.4, 0.5) is 0 Å². The third-order valence-electron chi connectivity index (χ3n) is 4.64. The third-order valence-corrected chi connectivity index (χ3v) is 4.64. The Morgan fingerprint density at radius 2 is 1.74 bits per heavy atom. The van der Waals surface area contributed by atoms with E-state index >= 15 is 0 Å². The summed E-state index contributed by atoms with van der Waals surface area (Å²) in [4.78, 5) is 24.9. The lowest BCUT2D eigenvalue weighted by Crippen LogP contribution is -2.37. The van der Waals surface area contributed by atoms with Gasteiger partial charge in [0.15, 0.2) is 11.9 Å². The number of rotatable bonds is 9. The van der Waals surface area contributed by atoms with Gasteiger partial charge in [0.25, 0.3) is 5.91 Å². The van der Waals surface area contributed by atoms with Gasteiger partial charge >= 0.3 is 5.97 Å². The van der Waals surface area contributed by atoms with E-state index in [-0.39, 0.29) is 17.4 Å². The molecule has 0 unspecified atom stereocenters. The van der Waals surface area contributed by atoms with Gasteiger partial charge in [0, 0.05) is 6.54 Å². The summed E-state index contributed by atoms with van der Waals surface area (Å²) in [6.45, 7) is 1.93. The van der Waals surface area contributed by atoms with Crippen LogP contribution in [0.1, 0.15) is 23.0 Å². The highest BCUT2D eigenvalue weighted by molar-refractivity contribution is 5.92. The van der Waals surface area contributed by atoms with Gasteiger partial charge in [0.2, 0.25) is 5.69 Å². The number of carbonyl (C=O) groups is 2. The molecular formula is C23H25N3O5. The molecule has 162 valence electrons. The summed E-state index contributed by atoms with van der Waals surface area (Å²) in [6, 6.07) is 16.9. The van der Waals surface area contributed by atoms with Gasteiger partial charge < -0.3 is 19.5 Å². The second kappa shape index (κ2) is 10.3. The minimum Gasteiger partial charge on any atom is -0.497 e. The quantitative estimate of drug-likeness (QED) is 0.532. The van der Waals surface area contributed by atoms with Crippen LogP contribution in [0, 0.1) is 0 Å². The molecular weight excluding hydrogens is 398 g/mol.